The van der Waals surface area contributed by atoms with E-state index in [0.717, 1.165) is 37.2 Å². The normalized spacial score (nSPS) is 25.4. The molecule has 1 saturated heterocycles. The van der Waals surface area contributed by atoms with Gasteiger partial charge >= 0.3 is 0 Å². The number of nitrogens with zero attached hydrogens (tertiary/aromatic N) is 2. The number of piperidine rings is 1. The Kier molecular flexibility index (Phi) is 6.16. The van der Waals surface area contributed by atoms with Gasteiger partial charge in [0.1, 0.15) is 0 Å². The van der Waals surface area contributed by atoms with Gasteiger partial charge in [-0.05, 0) is 55.6 Å². The molecule has 1 atom stereocenters. The maximum Gasteiger partial charge on any atom is 0.244 e. The van der Waals surface area contributed by atoms with Crippen LogP contribution in [0.4, 0.5) is 5.69 Å². The molecule has 0 radical (unpaired) electrons. The zero-order valence-corrected chi connectivity index (χ0v) is 18.5. The minimum atomic E-state index is -0.421. The van der Waals surface area contributed by atoms with Crippen LogP contribution in [-0.2, 0) is 14.4 Å². The number of hydrogen-bond donors (Lipinski definition) is 1. The van der Waals surface area contributed by atoms with Crippen LogP contribution < -0.4 is 10.4 Å². The van der Waals surface area contributed by atoms with Gasteiger partial charge in [-0.1, -0.05) is 32.0 Å². The summed E-state index contributed by atoms with van der Waals surface area (Å²) in [7, 11) is 1.41. The second-order valence-electron chi connectivity index (χ2n) is 9.92. The minimum Gasteiger partial charge on any atom is -0.308 e. The highest BCUT2D eigenvalue weighted by atomic mass is 16.6. The Morgan fingerprint density at radius 3 is 2.43 bits per heavy atom. The fourth-order valence-electron chi connectivity index (χ4n) is 5.59. The van der Waals surface area contributed by atoms with Gasteiger partial charge in [0.05, 0.1) is 13.0 Å². The van der Waals surface area contributed by atoms with E-state index >= 15 is 0 Å². The summed E-state index contributed by atoms with van der Waals surface area (Å²) in [6, 6.07) is 8.85. The third-order valence-electron chi connectivity index (χ3n) is 7.40. The fraction of sp³-hybridized carbons (Fsp3) is 0.667. The minimum absolute atomic E-state index is 0.0559. The van der Waals surface area contributed by atoms with Crippen molar-refractivity contribution in [2.24, 2.45) is 5.41 Å². The van der Waals surface area contributed by atoms with Crippen LogP contribution in [0.5, 0.6) is 0 Å². The van der Waals surface area contributed by atoms with E-state index in [1.165, 1.54) is 32.8 Å². The molecule has 2 amide bonds. The zero-order valence-electron chi connectivity index (χ0n) is 18.5. The Morgan fingerprint density at radius 1 is 1.10 bits per heavy atom. The molecule has 1 aliphatic carbocycles. The number of anilines is 1. The molecule has 2 fully saturated rings. The number of likely N-dealkylation sites (tertiary alicyclic amines) is 1. The monoisotopic (exact) mass is 413 g/mol. The average molecular weight is 414 g/mol. The summed E-state index contributed by atoms with van der Waals surface area (Å²) in [5.74, 6) is -0.627. The predicted molar refractivity (Wildman–Crippen MR) is 117 cm³/mol. The molecule has 1 aromatic carbocycles. The van der Waals surface area contributed by atoms with Crippen LogP contribution in [0.15, 0.2) is 24.3 Å². The van der Waals surface area contributed by atoms with Crippen molar-refractivity contribution in [1.82, 2.24) is 10.4 Å². The lowest BCUT2D eigenvalue weighted by Crippen LogP contribution is -2.50. The van der Waals surface area contributed by atoms with Crippen molar-refractivity contribution in [1.29, 1.82) is 0 Å². The Morgan fingerprint density at radius 2 is 1.77 bits per heavy atom. The summed E-state index contributed by atoms with van der Waals surface area (Å²) in [4.78, 5) is 34.8. The molecule has 30 heavy (non-hydrogen) atoms. The van der Waals surface area contributed by atoms with Crippen molar-refractivity contribution < 1.29 is 14.4 Å². The number of nitrogens with one attached hydrogen (secondary N) is 1. The number of carbonyl (C=O) groups excluding carboxylic acids is 2. The van der Waals surface area contributed by atoms with Crippen LogP contribution in [0.3, 0.4) is 0 Å². The summed E-state index contributed by atoms with van der Waals surface area (Å²) in [6.07, 6.45) is 7.31. The molecule has 0 aromatic heterocycles. The lowest BCUT2D eigenvalue weighted by Gasteiger charge is -2.44. The number of amides is 2. The molecule has 2 aliphatic heterocycles. The Bertz CT molecular complexity index is 776. The number of para-hydroxylation sites is 1. The number of carbonyl (C=O) groups is 2. The van der Waals surface area contributed by atoms with Crippen molar-refractivity contribution in [2.45, 2.75) is 76.8 Å². The first-order chi connectivity index (χ1) is 14.4. The van der Waals surface area contributed by atoms with Gasteiger partial charge in [0.25, 0.3) is 0 Å². The highest BCUT2D eigenvalue weighted by Crippen LogP contribution is 2.42. The van der Waals surface area contributed by atoms with Crippen LogP contribution in [0.1, 0.15) is 70.3 Å². The molecule has 1 N–H and O–H groups in total. The average Bonchev–Trinajstić information content (AvgIpc) is 3.00. The Balaban J connectivity index is 1.42. The number of hydroxylamine groups is 1. The van der Waals surface area contributed by atoms with E-state index in [2.05, 4.69) is 24.2 Å². The molecule has 6 nitrogen and oxygen atoms in total. The molecule has 1 saturated carbocycles. The van der Waals surface area contributed by atoms with Gasteiger partial charge in [0.2, 0.25) is 11.8 Å². The standard InChI is InChI=1S/C24H35N3O3/c1-24(2)12-8-17(9-13-24)26-14-10-18(11-15-26)27-21-7-5-4-6-19(21)20(23(27)29)16-22(28)25-30-3/h4-7,17-18,20H,8-16H2,1-3H3,(H,25,28). The summed E-state index contributed by atoms with van der Waals surface area (Å²) >= 11 is 0. The van der Waals surface area contributed by atoms with Gasteiger partial charge in [-0.25, -0.2) is 5.48 Å². The Hall–Kier alpha value is -1.92. The number of benzene rings is 1. The lowest BCUT2D eigenvalue weighted by atomic mass is 9.75. The summed E-state index contributed by atoms with van der Waals surface area (Å²) < 4.78 is 0. The van der Waals surface area contributed by atoms with Gasteiger partial charge in [0, 0.05) is 37.3 Å². The molecule has 1 aromatic rings. The third kappa shape index (κ3) is 4.26. The first-order valence-electron chi connectivity index (χ1n) is 11.4. The van der Waals surface area contributed by atoms with Crippen LogP contribution in [0, 0.1) is 5.41 Å². The van der Waals surface area contributed by atoms with Crippen molar-refractivity contribution in [3.05, 3.63) is 29.8 Å². The van der Waals surface area contributed by atoms with E-state index in [1.54, 1.807) is 0 Å². The second-order valence-corrected chi connectivity index (χ2v) is 9.92. The van der Waals surface area contributed by atoms with Crippen molar-refractivity contribution >= 4 is 17.5 Å². The molecular formula is C24H35N3O3. The van der Waals surface area contributed by atoms with Gasteiger partial charge in [0.15, 0.2) is 0 Å². The maximum absolute atomic E-state index is 13.3. The number of hydrogen-bond acceptors (Lipinski definition) is 4. The maximum atomic E-state index is 13.3. The first-order valence-corrected chi connectivity index (χ1v) is 11.4. The van der Waals surface area contributed by atoms with Gasteiger partial charge in [-0.3, -0.25) is 14.4 Å². The van der Waals surface area contributed by atoms with E-state index in [9.17, 15) is 9.59 Å². The quantitative estimate of drug-likeness (QED) is 0.749. The van der Waals surface area contributed by atoms with E-state index in [0.29, 0.717) is 11.5 Å². The molecular weight excluding hydrogens is 378 g/mol. The van der Waals surface area contributed by atoms with E-state index in [-0.39, 0.29) is 24.3 Å². The topological polar surface area (TPSA) is 61.9 Å². The van der Waals surface area contributed by atoms with Gasteiger partial charge in [-0.15, -0.1) is 0 Å². The van der Waals surface area contributed by atoms with Crippen molar-refractivity contribution in [3.63, 3.8) is 0 Å². The molecule has 3 aliphatic rings. The van der Waals surface area contributed by atoms with E-state index in [4.69, 9.17) is 4.84 Å². The predicted octanol–water partition coefficient (Wildman–Crippen LogP) is 3.62. The summed E-state index contributed by atoms with van der Waals surface area (Å²) in [5.41, 5.74) is 4.79. The van der Waals surface area contributed by atoms with Crippen molar-refractivity contribution in [3.8, 4) is 0 Å². The van der Waals surface area contributed by atoms with E-state index < -0.39 is 5.92 Å². The first kappa shape index (κ1) is 21.3. The molecule has 0 spiro atoms. The van der Waals surface area contributed by atoms with Crippen LogP contribution in [0.2, 0.25) is 0 Å². The molecule has 4 rings (SSSR count). The van der Waals surface area contributed by atoms with Crippen LogP contribution in [0.25, 0.3) is 0 Å². The van der Waals surface area contributed by atoms with Crippen LogP contribution >= 0.6 is 0 Å². The number of fused-ring (bicyclic) bond motifs is 1. The zero-order chi connectivity index (χ0) is 21.3. The molecule has 1 unspecified atom stereocenters. The van der Waals surface area contributed by atoms with Gasteiger partial charge < -0.3 is 9.80 Å². The van der Waals surface area contributed by atoms with E-state index in [1.807, 2.05) is 29.2 Å². The molecule has 2 heterocycles. The molecule has 164 valence electrons. The third-order valence-corrected chi connectivity index (χ3v) is 7.40. The highest BCUT2D eigenvalue weighted by molar-refractivity contribution is 6.07. The second kappa shape index (κ2) is 8.67. The smallest absolute Gasteiger partial charge is 0.244 e. The largest absolute Gasteiger partial charge is 0.308 e. The summed E-state index contributed by atoms with van der Waals surface area (Å²) in [5, 5.41) is 0. The summed E-state index contributed by atoms with van der Waals surface area (Å²) in [6.45, 7) is 6.87. The van der Waals surface area contributed by atoms with Crippen LogP contribution in [-0.4, -0.2) is 49.0 Å². The SMILES string of the molecule is CONC(=O)CC1C(=O)N(C2CCN(C3CCC(C)(C)CC3)CC2)c2ccccc21. The fourth-order valence-corrected chi connectivity index (χ4v) is 5.59. The lowest BCUT2D eigenvalue weighted by molar-refractivity contribution is -0.133. The van der Waals surface area contributed by atoms with Gasteiger partial charge in [-0.2, -0.15) is 0 Å². The molecule has 0 bridgehead atoms. The highest BCUT2D eigenvalue weighted by Gasteiger charge is 2.43. The Labute approximate surface area is 179 Å². The number of rotatable bonds is 5. The molecule has 6 heteroatoms. The van der Waals surface area contributed by atoms with Crippen molar-refractivity contribution in [2.75, 3.05) is 25.1 Å².